The molecule has 0 aliphatic carbocycles. The summed E-state index contributed by atoms with van der Waals surface area (Å²) in [6, 6.07) is 13.1. The second-order valence-corrected chi connectivity index (χ2v) is 8.07. The van der Waals surface area contributed by atoms with E-state index in [0.717, 1.165) is 19.3 Å². The van der Waals surface area contributed by atoms with Crippen LogP contribution in [-0.4, -0.2) is 29.4 Å². The highest BCUT2D eigenvalue weighted by Crippen LogP contribution is 2.13. The average molecular weight is 471 g/mol. The number of carbonyl (C=O) groups excluding carboxylic acids is 3. The number of hydrogen-bond donors (Lipinski definition) is 4. The van der Waals surface area contributed by atoms with Crippen LogP contribution in [0.25, 0.3) is 0 Å². The van der Waals surface area contributed by atoms with Gasteiger partial charge in [-0.3, -0.25) is 30.6 Å². The van der Waals surface area contributed by atoms with E-state index in [4.69, 9.17) is 17.0 Å². The lowest BCUT2D eigenvalue weighted by molar-refractivity contribution is -0.118. The van der Waals surface area contributed by atoms with E-state index in [1.165, 1.54) is 0 Å². The molecule has 0 fully saturated rings. The van der Waals surface area contributed by atoms with Gasteiger partial charge in [-0.1, -0.05) is 33.6 Å². The summed E-state index contributed by atoms with van der Waals surface area (Å²) in [5.41, 5.74) is 6.28. The van der Waals surface area contributed by atoms with Gasteiger partial charge in [0, 0.05) is 22.7 Å². The van der Waals surface area contributed by atoms with Gasteiger partial charge < -0.3 is 10.1 Å². The van der Waals surface area contributed by atoms with Crippen LogP contribution in [0.2, 0.25) is 0 Å². The monoisotopic (exact) mass is 470 g/mol. The second kappa shape index (κ2) is 13.2. The Hall–Kier alpha value is -3.46. The van der Waals surface area contributed by atoms with Crippen LogP contribution in [0.3, 0.4) is 0 Å². The van der Waals surface area contributed by atoms with Crippen molar-refractivity contribution < 1.29 is 19.1 Å². The van der Waals surface area contributed by atoms with E-state index in [1.54, 1.807) is 62.4 Å². The van der Waals surface area contributed by atoms with E-state index in [0.29, 0.717) is 29.2 Å². The smallest absolute Gasteiger partial charge is 0.269 e. The maximum Gasteiger partial charge on any atom is 0.269 e. The molecule has 3 amide bonds. The topological polar surface area (TPSA) is 109 Å². The quantitative estimate of drug-likeness (QED) is 0.252. The molecular weight excluding hydrogens is 440 g/mol. The highest BCUT2D eigenvalue weighted by molar-refractivity contribution is 7.80. The molecule has 0 spiro atoms. The highest BCUT2D eigenvalue weighted by atomic mass is 32.1. The van der Waals surface area contributed by atoms with Crippen LogP contribution in [0.5, 0.6) is 5.75 Å². The molecule has 2 aromatic rings. The van der Waals surface area contributed by atoms with Crippen molar-refractivity contribution >= 4 is 40.7 Å². The number of thiocarbonyl (C=S) groups is 1. The summed E-state index contributed by atoms with van der Waals surface area (Å²) in [6.45, 7) is 6.36. The number of hydrazine groups is 1. The van der Waals surface area contributed by atoms with Gasteiger partial charge in [-0.2, -0.15) is 0 Å². The highest BCUT2D eigenvalue weighted by Gasteiger charge is 2.11. The van der Waals surface area contributed by atoms with E-state index in [2.05, 4.69) is 28.4 Å². The van der Waals surface area contributed by atoms with Crippen molar-refractivity contribution in [3.8, 4) is 5.75 Å². The zero-order chi connectivity index (χ0) is 24.2. The summed E-state index contributed by atoms with van der Waals surface area (Å²) in [5.74, 6) is -0.410. The number of amides is 3. The summed E-state index contributed by atoms with van der Waals surface area (Å²) in [4.78, 5) is 36.3. The summed E-state index contributed by atoms with van der Waals surface area (Å²) in [6.07, 6.45) is 3.23. The van der Waals surface area contributed by atoms with Crippen molar-refractivity contribution in [3.63, 3.8) is 0 Å². The lowest BCUT2D eigenvalue weighted by Gasteiger charge is -2.12. The van der Waals surface area contributed by atoms with Crippen molar-refractivity contribution in [3.05, 3.63) is 59.7 Å². The van der Waals surface area contributed by atoms with Gasteiger partial charge in [0.1, 0.15) is 5.75 Å². The zero-order valence-electron chi connectivity index (χ0n) is 19.1. The molecule has 4 N–H and O–H groups in total. The van der Waals surface area contributed by atoms with Crippen molar-refractivity contribution in [2.24, 2.45) is 5.92 Å². The number of benzene rings is 2. The molecule has 2 aromatic carbocycles. The Morgan fingerprint density at radius 2 is 1.48 bits per heavy atom. The predicted molar refractivity (Wildman–Crippen MR) is 132 cm³/mol. The molecule has 0 bridgehead atoms. The molecule has 0 radical (unpaired) electrons. The molecule has 9 heteroatoms. The lowest BCUT2D eigenvalue weighted by atomic mass is 10.1. The van der Waals surface area contributed by atoms with Crippen LogP contribution < -0.4 is 26.2 Å². The van der Waals surface area contributed by atoms with Gasteiger partial charge in [-0.05, 0) is 67.2 Å². The maximum atomic E-state index is 12.3. The van der Waals surface area contributed by atoms with E-state index >= 15 is 0 Å². The normalized spacial score (nSPS) is 10.3. The van der Waals surface area contributed by atoms with Gasteiger partial charge >= 0.3 is 0 Å². The first kappa shape index (κ1) is 25.8. The Morgan fingerprint density at radius 3 is 2.09 bits per heavy atom. The Balaban J connectivity index is 1.78. The molecule has 0 unspecified atom stereocenters. The van der Waals surface area contributed by atoms with Crippen molar-refractivity contribution in [2.45, 2.75) is 40.0 Å². The summed E-state index contributed by atoms with van der Waals surface area (Å²) < 4.78 is 5.63. The first-order valence-electron chi connectivity index (χ1n) is 10.9. The number of carbonyl (C=O) groups is 3. The van der Waals surface area contributed by atoms with Gasteiger partial charge in [-0.15, -0.1) is 0 Å². The minimum atomic E-state index is -0.446. The first-order valence-corrected chi connectivity index (χ1v) is 11.3. The molecule has 176 valence electrons. The molecule has 2 rings (SSSR count). The fourth-order valence-electron chi connectivity index (χ4n) is 2.63. The third kappa shape index (κ3) is 8.89. The minimum absolute atomic E-state index is 0.0472. The number of anilines is 1. The maximum absolute atomic E-state index is 12.3. The van der Waals surface area contributed by atoms with Gasteiger partial charge in [0.05, 0.1) is 6.61 Å². The molecule has 0 aliphatic heterocycles. The number of unbranched alkanes of at least 4 members (excludes halogenated alkanes) is 2. The number of rotatable bonds is 9. The van der Waals surface area contributed by atoms with Crippen LogP contribution in [0.1, 0.15) is 60.7 Å². The first-order chi connectivity index (χ1) is 15.8. The van der Waals surface area contributed by atoms with Crippen molar-refractivity contribution in [2.75, 3.05) is 11.9 Å². The summed E-state index contributed by atoms with van der Waals surface area (Å²) >= 11 is 5.07. The third-order valence-corrected chi connectivity index (χ3v) is 4.79. The Morgan fingerprint density at radius 1 is 0.879 bits per heavy atom. The summed E-state index contributed by atoms with van der Waals surface area (Å²) in [5, 5.41) is 5.21. The van der Waals surface area contributed by atoms with Gasteiger partial charge in [0.2, 0.25) is 5.91 Å². The SMILES string of the molecule is CCCCCOc1ccc(C(=O)NC(=S)NNC(=O)c2ccc(NC(=O)C(C)C)cc2)cc1. The predicted octanol–water partition coefficient (Wildman–Crippen LogP) is 3.80. The van der Waals surface area contributed by atoms with E-state index in [-0.39, 0.29) is 16.9 Å². The van der Waals surface area contributed by atoms with E-state index in [9.17, 15) is 14.4 Å². The fraction of sp³-hybridized carbons (Fsp3) is 0.333. The van der Waals surface area contributed by atoms with Crippen molar-refractivity contribution in [1.29, 1.82) is 0 Å². The largest absolute Gasteiger partial charge is 0.494 e. The second-order valence-electron chi connectivity index (χ2n) is 7.66. The van der Waals surface area contributed by atoms with Crippen LogP contribution in [0.4, 0.5) is 5.69 Å². The standard InChI is InChI=1S/C24H30N4O4S/c1-4-5-6-15-32-20-13-9-17(10-14-20)22(30)26-24(33)28-27-23(31)18-7-11-19(12-8-18)25-21(29)16(2)3/h7-14,16H,4-6,15H2,1-3H3,(H,25,29)(H,27,31)(H2,26,28,30,33). The van der Waals surface area contributed by atoms with Crippen LogP contribution >= 0.6 is 12.2 Å². The van der Waals surface area contributed by atoms with E-state index in [1.807, 2.05) is 0 Å². The van der Waals surface area contributed by atoms with Crippen LogP contribution in [0.15, 0.2) is 48.5 Å². The Labute approximate surface area is 199 Å². The Kier molecular flexibility index (Phi) is 10.3. The number of hydrogen-bond acceptors (Lipinski definition) is 5. The molecule has 8 nitrogen and oxygen atoms in total. The average Bonchev–Trinajstić information content (AvgIpc) is 2.81. The minimum Gasteiger partial charge on any atom is -0.494 e. The Bertz CT molecular complexity index is 959. The van der Waals surface area contributed by atoms with Gasteiger partial charge in [-0.25, -0.2) is 0 Å². The third-order valence-electron chi connectivity index (χ3n) is 4.59. The fourth-order valence-corrected chi connectivity index (χ4v) is 2.77. The zero-order valence-corrected chi connectivity index (χ0v) is 19.9. The molecule has 0 saturated heterocycles. The number of ether oxygens (including phenoxy) is 1. The van der Waals surface area contributed by atoms with E-state index < -0.39 is 11.8 Å². The van der Waals surface area contributed by atoms with Gasteiger partial charge in [0.25, 0.3) is 11.8 Å². The molecule has 33 heavy (non-hydrogen) atoms. The molecule has 0 atom stereocenters. The molecule has 0 heterocycles. The molecule has 0 saturated carbocycles. The van der Waals surface area contributed by atoms with Crippen LogP contribution in [0, 0.1) is 5.92 Å². The van der Waals surface area contributed by atoms with Gasteiger partial charge in [0.15, 0.2) is 5.11 Å². The summed E-state index contributed by atoms with van der Waals surface area (Å²) in [7, 11) is 0. The number of nitrogens with one attached hydrogen (secondary N) is 4. The molecule has 0 aliphatic rings. The lowest BCUT2D eigenvalue weighted by Crippen LogP contribution is -2.48. The van der Waals surface area contributed by atoms with Crippen LogP contribution in [-0.2, 0) is 4.79 Å². The molecular formula is C24H30N4O4S. The van der Waals surface area contributed by atoms with Crippen molar-refractivity contribution in [1.82, 2.24) is 16.2 Å². The molecule has 0 aromatic heterocycles.